The molecule has 9 aromatic rings. The van der Waals surface area contributed by atoms with Gasteiger partial charge in [0.25, 0.3) is 0 Å². The fraction of sp³-hybridized carbons (Fsp3) is 0. The molecule has 0 amide bonds. The minimum Gasteiger partial charge on any atom is -0.293 e. The summed E-state index contributed by atoms with van der Waals surface area (Å²) >= 11 is 1.84. The van der Waals surface area contributed by atoms with Crippen LogP contribution in [0.3, 0.4) is 0 Å². The molecule has 0 radical (unpaired) electrons. The van der Waals surface area contributed by atoms with E-state index in [4.69, 9.17) is 9.97 Å². The van der Waals surface area contributed by atoms with Gasteiger partial charge in [0.15, 0.2) is 5.82 Å². The van der Waals surface area contributed by atoms with E-state index in [0.717, 1.165) is 33.7 Å². The molecule has 0 saturated carbocycles. The lowest BCUT2D eigenvalue weighted by atomic mass is 10.0. The Labute approximate surface area is 258 Å². The van der Waals surface area contributed by atoms with Gasteiger partial charge in [-0.3, -0.25) is 4.57 Å². The van der Waals surface area contributed by atoms with Crippen LogP contribution in [0.1, 0.15) is 0 Å². The van der Waals surface area contributed by atoms with Crippen LogP contribution in [0.25, 0.3) is 81.6 Å². The van der Waals surface area contributed by atoms with E-state index in [-0.39, 0.29) is 0 Å². The van der Waals surface area contributed by atoms with E-state index >= 15 is 0 Å². The SMILES string of the molecule is c1ccc(-c2cccc(-c3cc(-n4c5ccccc5c5ccc6sc7ccccc7c6c54)nc(-c4ccccc4)n3)c2)cc1. The van der Waals surface area contributed by atoms with Gasteiger partial charge in [0.1, 0.15) is 5.82 Å². The zero-order valence-corrected chi connectivity index (χ0v) is 24.5. The van der Waals surface area contributed by atoms with E-state index in [9.17, 15) is 0 Å². The van der Waals surface area contributed by atoms with Crippen molar-refractivity contribution in [3.63, 3.8) is 0 Å². The maximum absolute atomic E-state index is 5.28. The lowest BCUT2D eigenvalue weighted by molar-refractivity contribution is 1.05. The molecule has 0 N–H and O–H groups in total. The van der Waals surface area contributed by atoms with Crippen LogP contribution in [0.15, 0.2) is 152 Å². The predicted molar refractivity (Wildman–Crippen MR) is 186 cm³/mol. The summed E-state index contributed by atoms with van der Waals surface area (Å²) < 4.78 is 4.92. The number of hydrogen-bond donors (Lipinski definition) is 0. The van der Waals surface area contributed by atoms with Gasteiger partial charge in [-0.05, 0) is 35.4 Å². The lowest BCUT2D eigenvalue weighted by Gasteiger charge is -2.13. The molecule has 0 bridgehead atoms. The second kappa shape index (κ2) is 10.0. The van der Waals surface area contributed by atoms with Crippen molar-refractivity contribution in [2.75, 3.05) is 0 Å². The molecule has 6 aromatic carbocycles. The molecule has 3 heterocycles. The Morgan fingerprint density at radius 3 is 1.98 bits per heavy atom. The molecule has 0 atom stereocenters. The van der Waals surface area contributed by atoms with Gasteiger partial charge in [-0.1, -0.05) is 121 Å². The van der Waals surface area contributed by atoms with E-state index in [1.165, 1.54) is 42.0 Å². The van der Waals surface area contributed by atoms with Gasteiger partial charge in [-0.2, -0.15) is 0 Å². The second-order valence-corrected chi connectivity index (χ2v) is 12.1. The molecule has 0 aliphatic rings. The smallest absolute Gasteiger partial charge is 0.162 e. The number of nitrogens with zero attached hydrogens (tertiary/aromatic N) is 3. The van der Waals surface area contributed by atoms with Gasteiger partial charge in [0.2, 0.25) is 0 Å². The van der Waals surface area contributed by atoms with Crippen molar-refractivity contribution in [3.8, 4) is 39.6 Å². The van der Waals surface area contributed by atoms with Gasteiger partial charge >= 0.3 is 0 Å². The highest BCUT2D eigenvalue weighted by atomic mass is 32.1. The van der Waals surface area contributed by atoms with Crippen molar-refractivity contribution in [1.29, 1.82) is 0 Å². The average molecular weight is 580 g/mol. The van der Waals surface area contributed by atoms with Crippen molar-refractivity contribution < 1.29 is 0 Å². The van der Waals surface area contributed by atoms with Crippen LogP contribution in [0, 0.1) is 0 Å². The molecule has 0 fully saturated rings. The minimum absolute atomic E-state index is 0.705. The largest absolute Gasteiger partial charge is 0.293 e. The van der Waals surface area contributed by atoms with Crippen LogP contribution in [-0.2, 0) is 0 Å². The Morgan fingerprint density at radius 2 is 1.14 bits per heavy atom. The van der Waals surface area contributed by atoms with Crippen molar-refractivity contribution in [2.45, 2.75) is 0 Å². The summed E-state index contributed by atoms with van der Waals surface area (Å²) in [6.45, 7) is 0. The maximum Gasteiger partial charge on any atom is 0.162 e. The summed E-state index contributed by atoms with van der Waals surface area (Å²) in [5.74, 6) is 1.56. The Morgan fingerprint density at radius 1 is 0.455 bits per heavy atom. The summed E-state index contributed by atoms with van der Waals surface area (Å²) in [4.78, 5) is 10.4. The lowest BCUT2D eigenvalue weighted by Crippen LogP contribution is -2.02. The first kappa shape index (κ1) is 25.0. The third-order valence-corrected chi connectivity index (χ3v) is 9.55. The molecular weight excluding hydrogens is 555 g/mol. The van der Waals surface area contributed by atoms with Gasteiger partial charge in [0, 0.05) is 48.1 Å². The van der Waals surface area contributed by atoms with E-state index in [1.807, 2.05) is 29.5 Å². The van der Waals surface area contributed by atoms with Crippen LogP contribution in [0.4, 0.5) is 0 Å². The fourth-order valence-corrected chi connectivity index (χ4v) is 7.51. The molecular formula is C40H25N3S. The molecule has 0 spiro atoms. The van der Waals surface area contributed by atoms with E-state index in [2.05, 4.69) is 138 Å². The van der Waals surface area contributed by atoms with E-state index < -0.39 is 0 Å². The molecule has 206 valence electrons. The topological polar surface area (TPSA) is 30.7 Å². The van der Waals surface area contributed by atoms with Gasteiger partial charge in [-0.25, -0.2) is 9.97 Å². The summed E-state index contributed by atoms with van der Waals surface area (Å²) in [5.41, 5.74) is 7.59. The number of fused-ring (bicyclic) bond motifs is 7. The number of aromatic nitrogens is 3. The predicted octanol–water partition coefficient (Wildman–Crippen LogP) is 10.9. The number of benzene rings is 6. The summed E-state index contributed by atoms with van der Waals surface area (Å²) in [7, 11) is 0. The summed E-state index contributed by atoms with van der Waals surface area (Å²) in [6.07, 6.45) is 0. The summed E-state index contributed by atoms with van der Waals surface area (Å²) in [6, 6.07) is 53.5. The number of hydrogen-bond acceptors (Lipinski definition) is 3. The highest BCUT2D eigenvalue weighted by Crippen LogP contribution is 2.43. The molecule has 3 nitrogen and oxygen atoms in total. The molecule has 0 unspecified atom stereocenters. The molecule has 44 heavy (non-hydrogen) atoms. The average Bonchev–Trinajstić information content (AvgIpc) is 3.65. The normalized spacial score (nSPS) is 11.6. The number of para-hydroxylation sites is 1. The van der Waals surface area contributed by atoms with E-state index in [1.54, 1.807) is 0 Å². The third-order valence-electron chi connectivity index (χ3n) is 8.41. The second-order valence-electron chi connectivity index (χ2n) is 11.0. The van der Waals surface area contributed by atoms with Gasteiger partial charge < -0.3 is 0 Å². The molecule has 4 heteroatoms. The van der Waals surface area contributed by atoms with Crippen molar-refractivity contribution in [2.24, 2.45) is 0 Å². The molecule has 9 rings (SSSR count). The van der Waals surface area contributed by atoms with Crippen LogP contribution in [-0.4, -0.2) is 14.5 Å². The van der Waals surface area contributed by atoms with Gasteiger partial charge in [0.05, 0.1) is 16.7 Å². The first-order chi connectivity index (χ1) is 21.8. The van der Waals surface area contributed by atoms with Crippen LogP contribution in [0.5, 0.6) is 0 Å². The van der Waals surface area contributed by atoms with Gasteiger partial charge in [-0.15, -0.1) is 11.3 Å². The Hall–Kier alpha value is -5.58. The zero-order chi connectivity index (χ0) is 29.0. The molecule has 3 aromatic heterocycles. The Balaban J connectivity index is 1.38. The van der Waals surface area contributed by atoms with Crippen LogP contribution >= 0.6 is 11.3 Å². The molecule has 0 saturated heterocycles. The van der Waals surface area contributed by atoms with Crippen molar-refractivity contribution >= 4 is 53.3 Å². The minimum atomic E-state index is 0.705. The monoisotopic (exact) mass is 579 g/mol. The fourth-order valence-electron chi connectivity index (χ4n) is 6.40. The first-order valence-corrected chi connectivity index (χ1v) is 15.6. The first-order valence-electron chi connectivity index (χ1n) is 14.8. The van der Waals surface area contributed by atoms with Crippen LogP contribution in [0.2, 0.25) is 0 Å². The number of rotatable bonds is 4. The molecule has 0 aliphatic carbocycles. The summed E-state index contributed by atoms with van der Waals surface area (Å²) in [5, 5.41) is 4.98. The molecule has 0 aliphatic heterocycles. The van der Waals surface area contributed by atoms with Crippen molar-refractivity contribution in [3.05, 3.63) is 152 Å². The highest BCUT2D eigenvalue weighted by Gasteiger charge is 2.20. The van der Waals surface area contributed by atoms with Crippen LogP contribution < -0.4 is 0 Å². The number of thiophene rings is 1. The van der Waals surface area contributed by atoms with E-state index in [0.29, 0.717) is 5.82 Å². The standard InChI is InChI=1S/C40H25N3S/c1-3-12-26(13-4-1)28-16-11-17-29(24-28)33-25-37(42-40(41-33)27-14-5-2-6-15-27)43-34-20-9-7-18-30(34)31-22-23-36-38(39(31)43)32-19-8-10-21-35(32)44-36/h1-25H. The highest BCUT2D eigenvalue weighted by molar-refractivity contribution is 7.26. The zero-order valence-electron chi connectivity index (χ0n) is 23.7. The van der Waals surface area contributed by atoms with Crippen molar-refractivity contribution in [1.82, 2.24) is 14.5 Å². The Kier molecular flexibility index (Phi) is 5.68. The third kappa shape index (κ3) is 3.96. The Bertz CT molecular complexity index is 2490. The quantitative estimate of drug-likeness (QED) is 0.208. The maximum atomic E-state index is 5.28.